The van der Waals surface area contributed by atoms with E-state index in [-0.39, 0.29) is 5.91 Å². The molecule has 0 saturated carbocycles. The zero-order valence-electron chi connectivity index (χ0n) is 13.3. The Kier molecular flexibility index (Phi) is 3.15. The van der Waals surface area contributed by atoms with Crippen molar-refractivity contribution in [1.82, 2.24) is 19.5 Å². The summed E-state index contributed by atoms with van der Waals surface area (Å²) in [5.41, 5.74) is 5.60. The van der Waals surface area contributed by atoms with E-state index in [1.165, 1.54) is 11.1 Å². The van der Waals surface area contributed by atoms with Crippen LogP contribution in [0, 0.1) is 13.8 Å². The molecular formula is C18H18N4O. The number of hydrogen-bond acceptors (Lipinski definition) is 3. The Morgan fingerprint density at radius 2 is 1.91 bits per heavy atom. The van der Waals surface area contributed by atoms with E-state index >= 15 is 0 Å². The molecular weight excluding hydrogens is 288 g/mol. The van der Waals surface area contributed by atoms with Crippen LogP contribution in [0.2, 0.25) is 0 Å². The number of carbonyl (C=O) groups excluding carboxylic acids is 1. The van der Waals surface area contributed by atoms with Crippen molar-refractivity contribution in [3.8, 4) is 0 Å². The number of amides is 1. The minimum atomic E-state index is -0.0102. The van der Waals surface area contributed by atoms with Crippen LogP contribution in [-0.2, 0) is 13.0 Å². The highest BCUT2D eigenvalue weighted by molar-refractivity contribution is 5.93. The molecule has 5 nitrogen and oxygen atoms in total. The van der Waals surface area contributed by atoms with Gasteiger partial charge in [-0.1, -0.05) is 24.3 Å². The first kappa shape index (κ1) is 13.9. The maximum atomic E-state index is 12.8. The molecule has 0 radical (unpaired) electrons. The minimum Gasteiger partial charge on any atom is -0.333 e. The molecule has 3 heterocycles. The third-order valence-electron chi connectivity index (χ3n) is 4.36. The number of carbonyl (C=O) groups is 1. The maximum Gasteiger partial charge on any atom is 0.272 e. The van der Waals surface area contributed by atoms with Crippen molar-refractivity contribution in [3.63, 3.8) is 0 Å². The van der Waals surface area contributed by atoms with Gasteiger partial charge in [-0.15, -0.1) is 0 Å². The second kappa shape index (κ2) is 5.19. The molecule has 116 valence electrons. The summed E-state index contributed by atoms with van der Waals surface area (Å²) >= 11 is 0. The van der Waals surface area contributed by atoms with E-state index in [4.69, 9.17) is 0 Å². The van der Waals surface area contributed by atoms with Crippen molar-refractivity contribution >= 4 is 11.6 Å². The Hall–Kier alpha value is -2.69. The number of aromatic nitrogens is 3. The molecule has 0 unspecified atom stereocenters. The van der Waals surface area contributed by atoms with Gasteiger partial charge in [0.2, 0.25) is 0 Å². The zero-order valence-corrected chi connectivity index (χ0v) is 13.3. The average molecular weight is 306 g/mol. The van der Waals surface area contributed by atoms with Crippen LogP contribution in [0.5, 0.6) is 0 Å². The molecule has 2 aromatic heterocycles. The van der Waals surface area contributed by atoms with Gasteiger partial charge in [0.1, 0.15) is 5.69 Å². The zero-order chi connectivity index (χ0) is 16.0. The van der Waals surface area contributed by atoms with Gasteiger partial charge in [-0.05, 0) is 37.5 Å². The van der Waals surface area contributed by atoms with Crippen LogP contribution in [0.1, 0.15) is 33.0 Å². The van der Waals surface area contributed by atoms with Gasteiger partial charge in [0, 0.05) is 24.8 Å². The number of nitrogens with zero attached hydrogens (tertiary/aromatic N) is 4. The van der Waals surface area contributed by atoms with E-state index in [9.17, 15) is 4.79 Å². The summed E-state index contributed by atoms with van der Waals surface area (Å²) in [5.74, 6) is -0.0102. The third kappa shape index (κ3) is 2.38. The Bertz CT molecular complexity index is 913. The molecule has 1 aliphatic rings. The highest BCUT2D eigenvalue weighted by Gasteiger charge is 2.23. The molecule has 1 aliphatic heterocycles. The third-order valence-corrected chi connectivity index (χ3v) is 4.36. The second-order valence-electron chi connectivity index (χ2n) is 6.08. The first-order valence-corrected chi connectivity index (χ1v) is 7.82. The summed E-state index contributed by atoms with van der Waals surface area (Å²) in [6.45, 7) is 5.26. The highest BCUT2D eigenvalue weighted by atomic mass is 16.2. The Morgan fingerprint density at radius 1 is 1.13 bits per heavy atom. The fourth-order valence-electron chi connectivity index (χ4n) is 3.18. The van der Waals surface area contributed by atoms with E-state index in [2.05, 4.69) is 28.3 Å². The van der Waals surface area contributed by atoms with Gasteiger partial charge in [0.05, 0.1) is 5.69 Å². The Labute approximate surface area is 134 Å². The van der Waals surface area contributed by atoms with Crippen LogP contribution in [0.3, 0.4) is 0 Å². The number of aryl methyl sites for hydroxylation is 2. The number of hydrogen-bond donors (Lipinski definition) is 0. The molecule has 1 amide bonds. The SMILES string of the molecule is Cc1cc2nc(C(=O)N3CCc4ccccc4C3)cc(C)n2n1. The summed E-state index contributed by atoms with van der Waals surface area (Å²) in [6, 6.07) is 12.0. The smallest absolute Gasteiger partial charge is 0.272 e. The van der Waals surface area contributed by atoms with Crippen LogP contribution in [-0.4, -0.2) is 31.9 Å². The van der Waals surface area contributed by atoms with Crippen molar-refractivity contribution in [2.24, 2.45) is 0 Å². The van der Waals surface area contributed by atoms with Gasteiger partial charge in [-0.25, -0.2) is 9.50 Å². The van der Waals surface area contributed by atoms with Crippen molar-refractivity contribution in [2.45, 2.75) is 26.8 Å². The largest absolute Gasteiger partial charge is 0.333 e. The number of benzene rings is 1. The lowest BCUT2D eigenvalue weighted by molar-refractivity contribution is 0.0728. The first-order valence-electron chi connectivity index (χ1n) is 7.82. The number of rotatable bonds is 1. The predicted molar refractivity (Wildman–Crippen MR) is 87.3 cm³/mol. The fourth-order valence-corrected chi connectivity index (χ4v) is 3.18. The van der Waals surface area contributed by atoms with Crippen molar-refractivity contribution in [1.29, 1.82) is 0 Å². The van der Waals surface area contributed by atoms with Crippen molar-refractivity contribution in [3.05, 3.63) is 64.6 Å². The fraction of sp³-hybridized carbons (Fsp3) is 0.278. The quantitative estimate of drug-likeness (QED) is 0.694. The minimum absolute atomic E-state index is 0.0102. The van der Waals surface area contributed by atoms with Gasteiger partial charge in [0.25, 0.3) is 5.91 Å². The van der Waals surface area contributed by atoms with E-state index in [1.54, 1.807) is 4.52 Å². The lowest BCUT2D eigenvalue weighted by Gasteiger charge is -2.28. The summed E-state index contributed by atoms with van der Waals surface area (Å²) in [5, 5.41) is 4.38. The van der Waals surface area contributed by atoms with E-state index < -0.39 is 0 Å². The second-order valence-corrected chi connectivity index (χ2v) is 6.08. The molecule has 0 atom stereocenters. The Balaban J connectivity index is 1.67. The normalized spacial score (nSPS) is 14.1. The van der Waals surface area contributed by atoms with Crippen LogP contribution >= 0.6 is 0 Å². The van der Waals surface area contributed by atoms with E-state index in [1.807, 2.05) is 36.9 Å². The summed E-state index contributed by atoms with van der Waals surface area (Å²) in [4.78, 5) is 19.2. The lowest BCUT2D eigenvalue weighted by Crippen LogP contribution is -2.36. The molecule has 0 fully saturated rings. The van der Waals surface area contributed by atoms with Crippen LogP contribution in [0.4, 0.5) is 0 Å². The first-order chi connectivity index (χ1) is 11.1. The van der Waals surface area contributed by atoms with Gasteiger partial charge < -0.3 is 4.90 Å². The molecule has 1 aromatic carbocycles. The van der Waals surface area contributed by atoms with Crippen LogP contribution in [0.25, 0.3) is 5.65 Å². The van der Waals surface area contributed by atoms with Gasteiger partial charge in [-0.2, -0.15) is 5.10 Å². The van der Waals surface area contributed by atoms with Crippen molar-refractivity contribution < 1.29 is 4.79 Å². The van der Waals surface area contributed by atoms with E-state index in [0.29, 0.717) is 12.2 Å². The average Bonchev–Trinajstić information content (AvgIpc) is 2.94. The molecule has 3 aromatic rings. The van der Waals surface area contributed by atoms with Gasteiger partial charge >= 0.3 is 0 Å². The topological polar surface area (TPSA) is 50.5 Å². The molecule has 23 heavy (non-hydrogen) atoms. The highest BCUT2D eigenvalue weighted by Crippen LogP contribution is 2.20. The monoisotopic (exact) mass is 306 g/mol. The molecule has 4 rings (SSSR count). The molecule has 0 saturated heterocycles. The summed E-state index contributed by atoms with van der Waals surface area (Å²) < 4.78 is 1.78. The van der Waals surface area contributed by atoms with E-state index in [0.717, 1.165) is 30.0 Å². The van der Waals surface area contributed by atoms with Gasteiger partial charge in [-0.3, -0.25) is 4.79 Å². The predicted octanol–water partition coefficient (Wildman–Crippen LogP) is 2.54. The molecule has 5 heteroatoms. The standard InChI is InChI=1S/C18H18N4O/c1-12-9-17-19-16(10-13(2)22(17)20-12)18(23)21-8-7-14-5-3-4-6-15(14)11-21/h3-6,9-10H,7-8,11H2,1-2H3. The number of fused-ring (bicyclic) bond motifs is 2. The summed E-state index contributed by atoms with van der Waals surface area (Å²) in [6.07, 6.45) is 0.898. The molecule has 0 N–H and O–H groups in total. The molecule has 0 bridgehead atoms. The lowest BCUT2D eigenvalue weighted by atomic mass is 10.00. The van der Waals surface area contributed by atoms with Gasteiger partial charge in [0.15, 0.2) is 5.65 Å². The summed E-state index contributed by atoms with van der Waals surface area (Å²) in [7, 11) is 0. The molecule has 0 aliphatic carbocycles. The Morgan fingerprint density at radius 3 is 2.74 bits per heavy atom. The maximum absolute atomic E-state index is 12.8. The van der Waals surface area contributed by atoms with Crippen LogP contribution in [0.15, 0.2) is 36.4 Å². The van der Waals surface area contributed by atoms with Crippen LogP contribution < -0.4 is 0 Å². The van der Waals surface area contributed by atoms with Crippen molar-refractivity contribution in [2.75, 3.05) is 6.54 Å². The molecule has 0 spiro atoms.